The van der Waals surface area contributed by atoms with Crippen molar-refractivity contribution in [2.75, 3.05) is 67.7 Å². The van der Waals surface area contributed by atoms with Crippen molar-refractivity contribution in [1.82, 2.24) is 9.80 Å². The van der Waals surface area contributed by atoms with E-state index in [4.69, 9.17) is 9.47 Å². The molecular weight excluding hydrogens is 432 g/mol. The van der Waals surface area contributed by atoms with Crippen molar-refractivity contribution in [1.29, 1.82) is 0 Å². The Kier molecular flexibility index (Phi) is 25.4. The van der Waals surface area contributed by atoms with Gasteiger partial charge >= 0.3 is 0 Å². The minimum absolute atomic E-state index is 0.311. The fourth-order valence-corrected chi connectivity index (χ4v) is 4.75. The van der Waals surface area contributed by atoms with Crippen LogP contribution >= 0.6 is 0 Å². The van der Waals surface area contributed by atoms with Crippen molar-refractivity contribution in [3.8, 4) is 0 Å². The van der Waals surface area contributed by atoms with Crippen LogP contribution in [0, 0.1) is 5.41 Å². The summed E-state index contributed by atoms with van der Waals surface area (Å²) < 4.78 is 12.2. The minimum atomic E-state index is 0.311. The van der Waals surface area contributed by atoms with Crippen molar-refractivity contribution in [2.24, 2.45) is 5.41 Å². The molecule has 212 valence electrons. The molecule has 0 aliphatic rings. The molecule has 0 saturated carbocycles. The lowest BCUT2D eigenvalue weighted by Gasteiger charge is -2.36. The predicted octanol–water partition coefficient (Wildman–Crippen LogP) is 8.19. The highest BCUT2D eigenvalue weighted by atomic mass is 16.5. The molecule has 0 heterocycles. The van der Waals surface area contributed by atoms with Crippen LogP contribution in [0.3, 0.4) is 0 Å². The summed E-state index contributed by atoms with van der Waals surface area (Å²) in [6, 6.07) is 0. The Bertz CT molecular complexity index is 377. The molecular formula is C31H66N2O2. The molecule has 0 amide bonds. The van der Waals surface area contributed by atoms with Gasteiger partial charge in [-0.25, -0.2) is 0 Å². The maximum atomic E-state index is 6.39. The molecule has 0 aliphatic heterocycles. The number of hydrogen-bond acceptors (Lipinski definition) is 4. The number of nitrogens with zero attached hydrogens (tertiary/aromatic N) is 2. The van der Waals surface area contributed by atoms with Crippen LogP contribution in [-0.4, -0.2) is 77.5 Å². The van der Waals surface area contributed by atoms with E-state index in [0.717, 1.165) is 39.5 Å². The Morgan fingerprint density at radius 1 is 0.457 bits per heavy atom. The SMILES string of the molecule is CCCCCCCCCCOCC(CCCCCCOCCCCC)(CCN(C)C)CCN(C)C. The molecule has 0 aromatic heterocycles. The summed E-state index contributed by atoms with van der Waals surface area (Å²) in [5.41, 5.74) is 0.311. The zero-order chi connectivity index (χ0) is 26.0. The lowest BCUT2D eigenvalue weighted by molar-refractivity contribution is 0.0157. The zero-order valence-corrected chi connectivity index (χ0v) is 25.2. The third kappa shape index (κ3) is 24.0. The van der Waals surface area contributed by atoms with Crippen molar-refractivity contribution in [3.63, 3.8) is 0 Å². The highest BCUT2D eigenvalue weighted by Gasteiger charge is 2.30. The average Bonchev–Trinajstić information content (AvgIpc) is 2.83. The van der Waals surface area contributed by atoms with E-state index in [1.165, 1.54) is 116 Å². The standard InChI is InChI=1S/C31H66N2O2/c1-7-9-11-12-13-14-16-21-29-35-30-31(23-25-32(3)4,24-26-33(5)6)22-18-15-17-20-28-34-27-19-10-8-2/h7-30H2,1-6H3. The molecule has 0 saturated heterocycles. The van der Waals surface area contributed by atoms with Crippen molar-refractivity contribution in [2.45, 2.75) is 129 Å². The third-order valence-corrected chi connectivity index (χ3v) is 7.37. The Morgan fingerprint density at radius 2 is 0.857 bits per heavy atom. The normalized spacial score (nSPS) is 12.3. The van der Waals surface area contributed by atoms with Crippen LogP contribution < -0.4 is 0 Å². The average molecular weight is 499 g/mol. The van der Waals surface area contributed by atoms with Crippen molar-refractivity contribution in [3.05, 3.63) is 0 Å². The van der Waals surface area contributed by atoms with E-state index in [1.54, 1.807) is 0 Å². The van der Waals surface area contributed by atoms with Gasteiger partial charge in [-0.05, 0) is 85.2 Å². The Balaban J connectivity index is 4.40. The molecule has 4 heteroatoms. The summed E-state index contributed by atoms with van der Waals surface area (Å²) in [4.78, 5) is 4.69. The Hall–Kier alpha value is -0.160. The number of unbranched alkanes of at least 4 members (excludes halogenated alkanes) is 12. The molecule has 0 aromatic carbocycles. The smallest absolute Gasteiger partial charge is 0.0523 e. The van der Waals surface area contributed by atoms with E-state index in [1.807, 2.05) is 0 Å². The summed E-state index contributed by atoms with van der Waals surface area (Å²) in [7, 11) is 8.83. The van der Waals surface area contributed by atoms with Crippen molar-refractivity contribution >= 4 is 0 Å². The second-order valence-electron chi connectivity index (χ2n) is 11.6. The highest BCUT2D eigenvalue weighted by Crippen LogP contribution is 2.34. The van der Waals surface area contributed by atoms with Gasteiger partial charge in [-0.15, -0.1) is 0 Å². The van der Waals surface area contributed by atoms with Crippen molar-refractivity contribution < 1.29 is 9.47 Å². The molecule has 0 unspecified atom stereocenters. The third-order valence-electron chi connectivity index (χ3n) is 7.37. The second kappa shape index (κ2) is 25.5. The van der Waals surface area contributed by atoms with Gasteiger partial charge in [0.15, 0.2) is 0 Å². The van der Waals surface area contributed by atoms with Gasteiger partial charge in [0.2, 0.25) is 0 Å². The molecule has 0 atom stereocenters. The van der Waals surface area contributed by atoms with E-state index in [2.05, 4.69) is 51.8 Å². The lowest BCUT2D eigenvalue weighted by atomic mass is 9.77. The molecule has 0 N–H and O–H groups in total. The van der Waals surface area contributed by atoms with E-state index in [0.29, 0.717) is 5.41 Å². The summed E-state index contributed by atoms with van der Waals surface area (Å²) >= 11 is 0. The molecule has 0 spiro atoms. The van der Waals surface area contributed by atoms with Gasteiger partial charge in [-0.1, -0.05) is 90.9 Å². The topological polar surface area (TPSA) is 24.9 Å². The molecule has 0 aromatic rings. The van der Waals surface area contributed by atoms with Crippen LogP contribution in [0.1, 0.15) is 129 Å². The van der Waals surface area contributed by atoms with Gasteiger partial charge in [0.05, 0.1) is 6.61 Å². The zero-order valence-electron chi connectivity index (χ0n) is 25.2. The predicted molar refractivity (Wildman–Crippen MR) is 156 cm³/mol. The van der Waals surface area contributed by atoms with E-state index >= 15 is 0 Å². The van der Waals surface area contributed by atoms with Gasteiger partial charge in [0, 0.05) is 19.8 Å². The van der Waals surface area contributed by atoms with Gasteiger partial charge in [-0.2, -0.15) is 0 Å². The van der Waals surface area contributed by atoms with E-state index < -0.39 is 0 Å². The van der Waals surface area contributed by atoms with Gasteiger partial charge in [0.1, 0.15) is 0 Å². The maximum absolute atomic E-state index is 6.39. The fourth-order valence-electron chi connectivity index (χ4n) is 4.75. The first-order valence-electron chi connectivity index (χ1n) is 15.4. The van der Waals surface area contributed by atoms with Crippen LogP contribution in [-0.2, 0) is 9.47 Å². The molecule has 0 radical (unpaired) electrons. The molecule has 4 nitrogen and oxygen atoms in total. The maximum Gasteiger partial charge on any atom is 0.0523 e. The number of rotatable bonds is 28. The van der Waals surface area contributed by atoms with Crippen LogP contribution in [0.4, 0.5) is 0 Å². The first-order chi connectivity index (χ1) is 17.0. The molecule has 0 fully saturated rings. The second-order valence-corrected chi connectivity index (χ2v) is 11.6. The van der Waals surface area contributed by atoms with Crippen LogP contribution in [0.15, 0.2) is 0 Å². The summed E-state index contributed by atoms with van der Waals surface area (Å²) in [6.45, 7) is 10.6. The van der Waals surface area contributed by atoms with Crippen LogP contribution in [0.5, 0.6) is 0 Å². The minimum Gasteiger partial charge on any atom is -0.381 e. The van der Waals surface area contributed by atoms with Crippen LogP contribution in [0.25, 0.3) is 0 Å². The number of ether oxygens (including phenoxy) is 2. The van der Waals surface area contributed by atoms with Gasteiger partial charge < -0.3 is 19.3 Å². The summed E-state index contributed by atoms with van der Waals surface area (Å²) in [5, 5.41) is 0. The first kappa shape index (κ1) is 34.8. The summed E-state index contributed by atoms with van der Waals surface area (Å²) in [5.74, 6) is 0. The molecule has 35 heavy (non-hydrogen) atoms. The number of hydrogen-bond donors (Lipinski definition) is 0. The van der Waals surface area contributed by atoms with E-state index in [9.17, 15) is 0 Å². The highest BCUT2D eigenvalue weighted by molar-refractivity contribution is 4.81. The largest absolute Gasteiger partial charge is 0.381 e. The van der Waals surface area contributed by atoms with E-state index in [-0.39, 0.29) is 0 Å². The molecule has 0 aliphatic carbocycles. The lowest BCUT2D eigenvalue weighted by Crippen LogP contribution is -2.34. The van der Waals surface area contributed by atoms with Gasteiger partial charge in [-0.3, -0.25) is 0 Å². The Labute approximate surface area is 221 Å². The first-order valence-corrected chi connectivity index (χ1v) is 15.4. The fraction of sp³-hybridized carbons (Fsp3) is 1.00. The Morgan fingerprint density at radius 3 is 1.37 bits per heavy atom. The monoisotopic (exact) mass is 499 g/mol. The molecule has 0 rings (SSSR count). The van der Waals surface area contributed by atoms with Gasteiger partial charge in [0.25, 0.3) is 0 Å². The quantitative estimate of drug-likeness (QED) is 0.101. The molecule has 0 bridgehead atoms. The van der Waals surface area contributed by atoms with Crippen LogP contribution in [0.2, 0.25) is 0 Å². The summed E-state index contributed by atoms with van der Waals surface area (Å²) in [6.07, 6.45) is 23.6.